The molecule has 1 nitrogen and oxygen atoms in total. The van der Waals surface area contributed by atoms with Crippen molar-refractivity contribution in [3.63, 3.8) is 0 Å². The van der Waals surface area contributed by atoms with Gasteiger partial charge in [-0.3, -0.25) is 0 Å². The summed E-state index contributed by atoms with van der Waals surface area (Å²) in [4.78, 5) is 1.98. The maximum Gasteiger partial charge on any atom is 0.123 e. The normalized spacial score (nSPS) is 10.5. The van der Waals surface area contributed by atoms with Gasteiger partial charge in [0.05, 0.1) is 6.61 Å². The molecule has 17 heavy (non-hydrogen) atoms. The van der Waals surface area contributed by atoms with Crippen molar-refractivity contribution in [1.29, 1.82) is 0 Å². The van der Waals surface area contributed by atoms with Gasteiger partial charge in [-0.25, -0.2) is 4.39 Å². The quantitative estimate of drug-likeness (QED) is 0.892. The van der Waals surface area contributed by atoms with Crippen molar-refractivity contribution >= 4 is 11.8 Å². The van der Waals surface area contributed by atoms with E-state index in [9.17, 15) is 9.50 Å². The molecular weight excluding hydrogens is 235 g/mol. The van der Waals surface area contributed by atoms with Crippen LogP contribution in [0.4, 0.5) is 4.39 Å². The molecule has 2 rings (SSSR count). The lowest BCUT2D eigenvalue weighted by atomic mass is 10.2. The van der Waals surface area contributed by atoms with Crippen LogP contribution in [0.3, 0.4) is 0 Å². The first-order valence-corrected chi connectivity index (χ1v) is 6.14. The Morgan fingerprint density at radius 3 is 2.47 bits per heavy atom. The molecule has 0 aliphatic rings. The van der Waals surface area contributed by atoms with E-state index in [0.717, 1.165) is 20.9 Å². The Hall–Kier alpha value is -1.32. The van der Waals surface area contributed by atoms with Gasteiger partial charge in [-0.05, 0) is 48.4 Å². The molecule has 0 radical (unpaired) electrons. The minimum Gasteiger partial charge on any atom is -0.392 e. The third-order valence-electron chi connectivity index (χ3n) is 2.43. The van der Waals surface area contributed by atoms with Gasteiger partial charge in [-0.15, -0.1) is 0 Å². The molecule has 2 aromatic carbocycles. The molecule has 0 atom stereocenters. The zero-order valence-electron chi connectivity index (χ0n) is 9.48. The van der Waals surface area contributed by atoms with Crippen LogP contribution >= 0.6 is 11.8 Å². The summed E-state index contributed by atoms with van der Waals surface area (Å²) in [5, 5.41) is 9.26. The van der Waals surface area contributed by atoms with Crippen molar-refractivity contribution in [3.05, 3.63) is 59.4 Å². The summed E-state index contributed by atoms with van der Waals surface area (Å²) < 4.78 is 12.8. The average molecular weight is 248 g/mol. The smallest absolute Gasteiger partial charge is 0.123 e. The molecule has 0 aliphatic carbocycles. The molecule has 88 valence electrons. The Kier molecular flexibility index (Phi) is 3.82. The second-order valence-electron chi connectivity index (χ2n) is 3.83. The van der Waals surface area contributed by atoms with E-state index in [-0.39, 0.29) is 12.4 Å². The van der Waals surface area contributed by atoms with Crippen LogP contribution in [0.1, 0.15) is 11.1 Å². The summed E-state index contributed by atoms with van der Waals surface area (Å²) in [5.74, 6) is -0.235. The summed E-state index contributed by atoms with van der Waals surface area (Å²) in [5.41, 5.74) is 2.04. The molecule has 0 spiro atoms. The van der Waals surface area contributed by atoms with Crippen molar-refractivity contribution < 1.29 is 9.50 Å². The van der Waals surface area contributed by atoms with Gasteiger partial charge >= 0.3 is 0 Å². The van der Waals surface area contributed by atoms with Crippen LogP contribution in [0.5, 0.6) is 0 Å². The molecule has 2 aromatic rings. The summed E-state index contributed by atoms with van der Waals surface area (Å²) in [6, 6.07) is 12.3. The monoisotopic (exact) mass is 248 g/mol. The van der Waals surface area contributed by atoms with E-state index in [4.69, 9.17) is 0 Å². The van der Waals surface area contributed by atoms with Gasteiger partial charge in [0.15, 0.2) is 0 Å². The highest BCUT2D eigenvalue weighted by atomic mass is 32.2. The Morgan fingerprint density at radius 1 is 1.12 bits per heavy atom. The van der Waals surface area contributed by atoms with Gasteiger partial charge in [0.2, 0.25) is 0 Å². The molecule has 0 amide bonds. The van der Waals surface area contributed by atoms with E-state index in [2.05, 4.69) is 0 Å². The van der Waals surface area contributed by atoms with E-state index in [1.54, 1.807) is 12.1 Å². The maximum absolute atomic E-state index is 12.8. The van der Waals surface area contributed by atoms with Gasteiger partial charge < -0.3 is 5.11 Å². The Balaban J connectivity index is 2.28. The van der Waals surface area contributed by atoms with Crippen molar-refractivity contribution in [2.24, 2.45) is 0 Å². The lowest BCUT2D eigenvalue weighted by Crippen LogP contribution is -1.88. The van der Waals surface area contributed by atoms with E-state index in [1.807, 2.05) is 25.1 Å². The third-order valence-corrected chi connectivity index (χ3v) is 3.54. The number of benzene rings is 2. The van der Waals surface area contributed by atoms with E-state index in [0.29, 0.717) is 0 Å². The third kappa shape index (κ3) is 3.08. The van der Waals surface area contributed by atoms with Gasteiger partial charge in [0.1, 0.15) is 5.82 Å². The fraction of sp³-hybridized carbons (Fsp3) is 0.143. The lowest BCUT2D eigenvalue weighted by Gasteiger charge is -2.08. The standard InChI is InChI=1S/C14H13FOS/c1-10-2-3-11(9-16)14(8-10)17-13-6-4-12(15)5-7-13/h2-8,16H,9H2,1H3. The summed E-state index contributed by atoms with van der Waals surface area (Å²) in [6.07, 6.45) is 0. The summed E-state index contributed by atoms with van der Waals surface area (Å²) in [6.45, 7) is 2.03. The fourth-order valence-electron chi connectivity index (χ4n) is 1.52. The first-order chi connectivity index (χ1) is 8.19. The van der Waals surface area contributed by atoms with E-state index in [1.165, 1.54) is 23.9 Å². The van der Waals surface area contributed by atoms with Crippen LogP contribution in [0.2, 0.25) is 0 Å². The van der Waals surface area contributed by atoms with E-state index < -0.39 is 0 Å². The molecule has 0 heterocycles. The first-order valence-electron chi connectivity index (χ1n) is 5.33. The molecule has 0 aliphatic heterocycles. The minimum atomic E-state index is -0.235. The second kappa shape index (κ2) is 5.34. The largest absolute Gasteiger partial charge is 0.392 e. The molecular formula is C14H13FOS. The van der Waals surface area contributed by atoms with Gasteiger partial charge in [-0.1, -0.05) is 23.9 Å². The van der Waals surface area contributed by atoms with Gasteiger partial charge in [0, 0.05) is 9.79 Å². The maximum atomic E-state index is 12.8. The lowest BCUT2D eigenvalue weighted by molar-refractivity contribution is 0.279. The SMILES string of the molecule is Cc1ccc(CO)c(Sc2ccc(F)cc2)c1. The number of hydrogen-bond donors (Lipinski definition) is 1. The van der Waals surface area contributed by atoms with E-state index >= 15 is 0 Å². The van der Waals surface area contributed by atoms with Crippen LogP contribution in [0.15, 0.2) is 52.3 Å². The summed E-state index contributed by atoms with van der Waals surface area (Å²) in [7, 11) is 0. The van der Waals surface area contributed by atoms with Crippen LogP contribution in [-0.4, -0.2) is 5.11 Å². The van der Waals surface area contributed by atoms with Crippen molar-refractivity contribution in [3.8, 4) is 0 Å². The number of halogens is 1. The highest BCUT2D eigenvalue weighted by Gasteiger charge is 2.04. The predicted octanol–water partition coefficient (Wildman–Crippen LogP) is 3.78. The number of aliphatic hydroxyl groups is 1. The van der Waals surface area contributed by atoms with Gasteiger partial charge in [-0.2, -0.15) is 0 Å². The van der Waals surface area contributed by atoms with Crippen LogP contribution < -0.4 is 0 Å². The topological polar surface area (TPSA) is 20.2 Å². The average Bonchev–Trinajstić information content (AvgIpc) is 2.32. The number of rotatable bonds is 3. The Morgan fingerprint density at radius 2 is 1.82 bits per heavy atom. The van der Waals surface area contributed by atoms with Crippen molar-refractivity contribution in [1.82, 2.24) is 0 Å². The van der Waals surface area contributed by atoms with Gasteiger partial charge in [0.25, 0.3) is 0 Å². The predicted molar refractivity (Wildman–Crippen MR) is 67.6 cm³/mol. The zero-order valence-corrected chi connectivity index (χ0v) is 10.3. The molecule has 0 unspecified atom stereocenters. The molecule has 0 fully saturated rings. The van der Waals surface area contributed by atoms with Crippen LogP contribution in [0, 0.1) is 12.7 Å². The van der Waals surface area contributed by atoms with Crippen molar-refractivity contribution in [2.45, 2.75) is 23.3 Å². The molecule has 1 N–H and O–H groups in total. The Bertz CT molecular complexity index is 508. The number of aliphatic hydroxyl groups excluding tert-OH is 1. The Labute approximate surface area is 104 Å². The first kappa shape index (κ1) is 12.1. The molecule has 3 heteroatoms. The summed E-state index contributed by atoms with van der Waals surface area (Å²) >= 11 is 1.53. The van der Waals surface area contributed by atoms with Crippen LogP contribution in [0.25, 0.3) is 0 Å². The highest BCUT2D eigenvalue weighted by Crippen LogP contribution is 2.31. The highest BCUT2D eigenvalue weighted by molar-refractivity contribution is 7.99. The van der Waals surface area contributed by atoms with Crippen LogP contribution in [-0.2, 0) is 6.61 Å². The minimum absolute atomic E-state index is 0.0177. The molecule has 0 saturated carbocycles. The zero-order chi connectivity index (χ0) is 12.3. The number of aryl methyl sites for hydroxylation is 1. The molecule has 0 saturated heterocycles. The van der Waals surface area contributed by atoms with Crippen molar-refractivity contribution in [2.75, 3.05) is 0 Å². The molecule has 0 bridgehead atoms. The second-order valence-corrected chi connectivity index (χ2v) is 4.94. The fourth-order valence-corrected chi connectivity index (χ4v) is 2.55. The molecule has 0 aromatic heterocycles. The number of hydrogen-bond acceptors (Lipinski definition) is 2.